The second kappa shape index (κ2) is 11.9. The lowest BCUT2D eigenvalue weighted by Gasteiger charge is -2.19. The molecule has 0 spiro atoms. The average molecular weight is 553 g/mol. The molecule has 2 fully saturated rings. The summed E-state index contributed by atoms with van der Waals surface area (Å²) in [5, 5.41) is 15.5. The van der Waals surface area contributed by atoms with E-state index < -0.39 is 0 Å². The number of nitrogens with zero attached hydrogens (tertiary/aromatic N) is 4. The van der Waals surface area contributed by atoms with Gasteiger partial charge in [-0.1, -0.05) is 25.0 Å². The highest BCUT2D eigenvalue weighted by atomic mass is 127. The molecule has 1 heterocycles. The standard InChI is InChI=1S/C24H36N6O.HI/c1-17-12-13-19(22(14-17)31-21-10-6-7-11-21)15-25-24(27-20-8-4-5-9-20)26-16-23-29-28-18(2)30(23)3;/h12-14,20-21H,4-11,15-16H2,1-3H3,(H2,25,26,27);1H. The van der Waals surface area contributed by atoms with Crippen molar-refractivity contribution in [2.24, 2.45) is 12.0 Å². The first-order chi connectivity index (χ1) is 15.1. The Balaban J connectivity index is 0.00000289. The van der Waals surface area contributed by atoms with E-state index in [2.05, 4.69) is 46.0 Å². The molecular weight excluding hydrogens is 515 g/mol. The normalized spacial score (nSPS) is 17.4. The summed E-state index contributed by atoms with van der Waals surface area (Å²) >= 11 is 0. The first-order valence-electron chi connectivity index (χ1n) is 11.7. The van der Waals surface area contributed by atoms with Crippen molar-refractivity contribution >= 4 is 29.9 Å². The predicted octanol–water partition coefficient (Wildman–Crippen LogP) is 4.55. The zero-order chi connectivity index (χ0) is 21.6. The smallest absolute Gasteiger partial charge is 0.192 e. The molecule has 7 nitrogen and oxygen atoms in total. The van der Waals surface area contributed by atoms with Gasteiger partial charge in [0.25, 0.3) is 0 Å². The van der Waals surface area contributed by atoms with Crippen LogP contribution >= 0.6 is 24.0 Å². The van der Waals surface area contributed by atoms with E-state index in [1.54, 1.807) is 0 Å². The number of aliphatic imine (C=N–C) groups is 1. The van der Waals surface area contributed by atoms with Crippen LogP contribution < -0.4 is 15.4 Å². The maximum absolute atomic E-state index is 6.37. The van der Waals surface area contributed by atoms with Crippen molar-refractivity contribution in [2.75, 3.05) is 0 Å². The van der Waals surface area contributed by atoms with Crippen LogP contribution in [-0.2, 0) is 20.1 Å². The first-order valence-corrected chi connectivity index (χ1v) is 11.7. The summed E-state index contributed by atoms with van der Waals surface area (Å²) < 4.78 is 8.38. The molecule has 0 radical (unpaired) electrons. The predicted molar refractivity (Wildman–Crippen MR) is 139 cm³/mol. The summed E-state index contributed by atoms with van der Waals surface area (Å²) in [4.78, 5) is 4.93. The molecule has 1 aromatic heterocycles. The second-order valence-corrected chi connectivity index (χ2v) is 9.00. The molecule has 2 aromatic rings. The van der Waals surface area contributed by atoms with Crippen LogP contribution in [0.1, 0.15) is 74.1 Å². The Morgan fingerprint density at radius 2 is 1.81 bits per heavy atom. The van der Waals surface area contributed by atoms with Gasteiger partial charge in [0.2, 0.25) is 0 Å². The number of halogens is 1. The van der Waals surface area contributed by atoms with Gasteiger partial charge < -0.3 is 19.9 Å². The van der Waals surface area contributed by atoms with Gasteiger partial charge in [0.05, 0.1) is 19.2 Å². The molecule has 2 aliphatic rings. The van der Waals surface area contributed by atoms with Gasteiger partial charge in [0.15, 0.2) is 11.8 Å². The number of nitrogens with one attached hydrogen (secondary N) is 2. The summed E-state index contributed by atoms with van der Waals surface area (Å²) in [5.41, 5.74) is 2.36. The minimum atomic E-state index is 0. The van der Waals surface area contributed by atoms with E-state index >= 15 is 0 Å². The fourth-order valence-electron chi connectivity index (χ4n) is 4.44. The number of hydrogen-bond donors (Lipinski definition) is 2. The number of aryl methyl sites for hydroxylation is 2. The Morgan fingerprint density at radius 3 is 2.50 bits per heavy atom. The summed E-state index contributed by atoms with van der Waals surface area (Å²) in [5.74, 6) is 3.63. The number of ether oxygens (including phenoxy) is 1. The summed E-state index contributed by atoms with van der Waals surface area (Å²) in [7, 11) is 1.99. The molecule has 0 saturated heterocycles. The largest absolute Gasteiger partial charge is 0.490 e. The maximum Gasteiger partial charge on any atom is 0.192 e. The van der Waals surface area contributed by atoms with E-state index in [4.69, 9.17) is 9.73 Å². The Hall–Kier alpha value is -1.84. The third-order valence-corrected chi connectivity index (χ3v) is 6.52. The molecule has 176 valence electrons. The third-order valence-electron chi connectivity index (χ3n) is 6.52. The van der Waals surface area contributed by atoms with E-state index in [0.29, 0.717) is 25.2 Å². The highest BCUT2D eigenvalue weighted by molar-refractivity contribution is 14.0. The van der Waals surface area contributed by atoms with Gasteiger partial charge in [-0.25, -0.2) is 4.99 Å². The van der Waals surface area contributed by atoms with Crippen LogP contribution in [0.4, 0.5) is 0 Å². The number of guanidine groups is 1. The van der Waals surface area contributed by atoms with Gasteiger partial charge in [-0.3, -0.25) is 0 Å². The zero-order valence-corrected chi connectivity index (χ0v) is 21.9. The number of benzene rings is 1. The fraction of sp³-hybridized carbons (Fsp3) is 0.625. The summed E-state index contributed by atoms with van der Waals surface area (Å²) in [6, 6.07) is 6.94. The number of rotatable bonds is 7. The van der Waals surface area contributed by atoms with Crippen LogP contribution in [0.2, 0.25) is 0 Å². The molecule has 0 aliphatic heterocycles. The van der Waals surface area contributed by atoms with Crippen molar-refractivity contribution in [3.8, 4) is 5.75 Å². The average Bonchev–Trinajstić information content (AvgIpc) is 3.51. The molecule has 4 rings (SSSR count). The highest BCUT2D eigenvalue weighted by Crippen LogP contribution is 2.28. The molecule has 1 aromatic carbocycles. The summed E-state index contributed by atoms with van der Waals surface area (Å²) in [6.07, 6.45) is 10.2. The SMILES string of the molecule is Cc1ccc(CN=C(NCc2nnc(C)n2C)NC2CCCC2)c(OC2CCCC2)c1.I. The minimum Gasteiger partial charge on any atom is -0.490 e. The van der Waals surface area contributed by atoms with Crippen LogP contribution in [0.25, 0.3) is 0 Å². The van der Waals surface area contributed by atoms with Gasteiger partial charge in [0, 0.05) is 18.7 Å². The van der Waals surface area contributed by atoms with Crippen molar-refractivity contribution in [2.45, 2.75) is 90.4 Å². The van der Waals surface area contributed by atoms with Crippen molar-refractivity contribution in [1.29, 1.82) is 0 Å². The van der Waals surface area contributed by atoms with Crippen LogP contribution in [0.5, 0.6) is 5.75 Å². The van der Waals surface area contributed by atoms with Gasteiger partial charge in [-0.15, -0.1) is 34.2 Å². The molecule has 2 N–H and O–H groups in total. The van der Waals surface area contributed by atoms with Crippen molar-refractivity contribution in [3.63, 3.8) is 0 Å². The fourth-order valence-corrected chi connectivity index (χ4v) is 4.44. The van der Waals surface area contributed by atoms with Crippen molar-refractivity contribution in [1.82, 2.24) is 25.4 Å². The summed E-state index contributed by atoms with van der Waals surface area (Å²) in [6.45, 7) is 5.26. The topological polar surface area (TPSA) is 76.4 Å². The highest BCUT2D eigenvalue weighted by Gasteiger charge is 2.19. The van der Waals surface area contributed by atoms with E-state index in [0.717, 1.165) is 41.8 Å². The number of aromatic nitrogens is 3. The lowest BCUT2D eigenvalue weighted by molar-refractivity contribution is 0.208. The Kier molecular flexibility index (Phi) is 9.19. The van der Waals surface area contributed by atoms with Crippen LogP contribution in [0.15, 0.2) is 23.2 Å². The minimum absolute atomic E-state index is 0. The second-order valence-electron chi connectivity index (χ2n) is 9.00. The molecule has 2 aliphatic carbocycles. The van der Waals surface area contributed by atoms with E-state index in [9.17, 15) is 0 Å². The van der Waals surface area contributed by atoms with Crippen LogP contribution in [0.3, 0.4) is 0 Å². The van der Waals surface area contributed by atoms with Crippen molar-refractivity contribution in [3.05, 3.63) is 41.0 Å². The van der Waals surface area contributed by atoms with E-state index in [-0.39, 0.29) is 24.0 Å². The molecule has 0 amide bonds. The van der Waals surface area contributed by atoms with Crippen molar-refractivity contribution < 1.29 is 4.74 Å². The Bertz CT molecular complexity index is 900. The molecular formula is C24H37IN6O. The molecule has 2 saturated carbocycles. The molecule has 0 atom stereocenters. The molecule has 32 heavy (non-hydrogen) atoms. The van der Waals surface area contributed by atoms with Crippen LogP contribution in [-0.4, -0.2) is 32.9 Å². The Labute approximate surface area is 208 Å². The first kappa shape index (κ1) is 24.8. The molecule has 0 unspecified atom stereocenters. The van der Waals surface area contributed by atoms with E-state index in [1.807, 2.05) is 18.5 Å². The van der Waals surface area contributed by atoms with Gasteiger partial charge in [0.1, 0.15) is 11.6 Å². The van der Waals surface area contributed by atoms with Gasteiger partial charge >= 0.3 is 0 Å². The van der Waals surface area contributed by atoms with Gasteiger partial charge in [-0.2, -0.15) is 0 Å². The lowest BCUT2D eigenvalue weighted by atomic mass is 10.1. The third kappa shape index (κ3) is 6.59. The van der Waals surface area contributed by atoms with Gasteiger partial charge in [-0.05, 0) is 64.0 Å². The molecule has 8 heteroatoms. The van der Waals surface area contributed by atoms with Crippen LogP contribution in [0, 0.1) is 13.8 Å². The number of hydrogen-bond acceptors (Lipinski definition) is 4. The Morgan fingerprint density at radius 1 is 1.09 bits per heavy atom. The zero-order valence-electron chi connectivity index (χ0n) is 19.6. The molecule has 0 bridgehead atoms. The monoisotopic (exact) mass is 552 g/mol. The maximum atomic E-state index is 6.37. The quantitative estimate of drug-likeness (QED) is 0.300. The lowest BCUT2D eigenvalue weighted by Crippen LogP contribution is -2.42. The van der Waals surface area contributed by atoms with E-state index in [1.165, 1.54) is 44.1 Å².